The Bertz CT molecular complexity index is 1360. The fourth-order valence-electron chi connectivity index (χ4n) is 4.76. The summed E-state index contributed by atoms with van der Waals surface area (Å²) in [4.78, 5) is 68.0. The lowest BCUT2D eigenvalue weighted by Gasteiger charge is -2.35. The molecule has 1 aliphatic carbocycles. The number of carbonyl (C=O) groups excluding carboxylic acids is 5. The number of nitrogens with zero attached hydrogens (tertiary/aromatic N) is 1. The van der Waals surface area contributed by atoms with Crippen molar-refractivity contribution in [3.05, 3.63) is 71.3 Å². The maximum Gasteiger partial charge on any atom is 0.408 e. The number of amides is 4. The van der Waals surface area contributed by atoms with Crippen molar-refractivity contribution in [1.82, 2.24) is 15.5 Å². The number of alkyl carbamates (subject to hydrolysis) is 1. The zero-order valence-electron chi connectivity index (χ0n) is 27.2. The zero-order chi connectivity index (χ0) is 33.5. The van der Waals surface area contributed by atoms with E-state index >= 15 is 0 Å². The second kappa shape index (κ2) is 14.6. The zero-order valence-corrected chi connectivity index (χ0v) is 27.2. The van der Waals surface area contributed by atoms with Crippen LogP contribution in [-0.4, -0.2) is 64.0 Å². The van der Waals surface area contributed by atoms with Crippen molar-refractivity contribution in [1.29, 1.82) is 0 Å². The lowest BCUT2D eigenvalue weighted by Crippen LogP contribution is -2.56. The van der Waals surface area contributed by atoms with E-state index in [9.17, 15) is 24.0 Å². The van der Waals surface area contributed by atoms with E-state index < -0.39 is 65.5 Å². The third-order valence-corrected chi connectivity index (χ3v) is 6.80. The molecule has 2 aromatic carbocycles. The average molecular weight is 623 g/mol. The summed E-state index contributed by atoms with van der Waals surface area (Å²) in [5.74, 6) is -2.71. The molecule has 1 saturated carbocycles. The molecule has 45 heavy (non-hydrogen) atoms. The fraction of sp³-hybridized carbons (Fsp3) is 0.500. The first-order chi connectivity index (χ1) is 20.9. The van der Waals surface area contributed by atoms with Gasteiger partial charge in [-0.1, -0.05) is 60.2 Å². The molecule has 4 N–H and O–H groups in total. The van der Waals surface area contributed by atoms with Crippen LogP contribution in [0, 0.1) is 6.92 Å². The van der Waals surface area contributed by atoms with E-state index in [0.29, 0.717) is 18.4 Å². The Hall–Kier alpha value is -4.41. The van der Waals surface area contributed by atoms with Gasteiger partial charge in [-0.25, -0.2) is 9.59 Å². The molecule has 0 spiro atoms. The van der Waals surface area contributed by atoms with Crippen LogP contribution in [0.4, 0.5) is 4.79 Å². The van der Waals surface area contributed by atoms with Crippen molar-refractivity contribution < 1.29 is 33.4 Å². The van der Waals surface area contributed by atoms with E-state index in [2.05, 4.69) is 10.6 Å². The molecule has 0 aliphatic heterocycles. The van der Waals surface area contributed by atoms with Crippen LogP contribution in [0.25, 0.3) is 0 Å². The Morgan fingerprint density at radius 1 is 0.844 bits per heavy atom. The van der Waals surface area contributed by atoms with Crippen molar-refractivity contribution in [2.75, 3.05) is 0 Å². The van der Waals surface area contributed by atoms with Gasteiger partial charge in [-0.15, -0.1) is 0 Å². The van der Waals surface area contributed by atoms with Crippen LogP contribution < -0.4 is 16.4 Å². The SMILES string of the molecule is Cc1ccc(C(C(=O)NC(Cc2ccccc2)C(=O)OC(C)(C)C)N(C(=O)C(CC(N)=O)NC(=O)OC(C)(C)C)C2CC2)cc1. The summed E-state index contributed by atoms with van der Waals surface area (Å²) >= 11 is 0. The van der Waals surface area contributed by atoms with Crippen molar-refractivity contribution in [2.24, 2.45) is 5.73 Å². The Morgan fingerprint density at radius 2 is 1.42 bits per heavy atom. The lowest BCUT2D eigenvalue weighted by molar-refractivity contribution is -0.159. The number of hydrogen-bond acceptors (Lipinski definition) is 7. The number of aryl methyl sites for hydroxylation is 1. The summed E-state index contributed by atoms with van der Waals surface area (Å²) in [5.41, 5.74) is 6.05. The Kier molecular flexibility index (Phi) is 11.4. The number of hydrogen-bond donors (Lipinski definition) is 3. The van der Waals surface area contributed by atoms with Crippen molar-refractivity contribution in [2.45, 2.75) is 110 Å². The monoisotopic (exact) mass is 622 g/mol. The van der Waals surface area contributed by atoms with Gasteiger partial charge in [0.1, 0.15) is 29.3 Å². The molecule has 11 heteroatoms. The van der Waals surface area contributed by atoms with Gasteiger partial charge in [-0.05, 0) is 72.4 Å². The number of nitrogens with one attached hydrogen (secondary N) is 2. The van der Waals surface area contributed by atoms with Gasteiger partial charge in [0.2, 0.25) is 17.7 Å². The number of rotatable bonds is 12. The smallest absolute Gasteiger partial charge is 0.408 e. The summed E-state index contributed by atoms with van der Waals surface area (Å²) in [6, 6.07) is 12.3. The Labute approximate surface area is 265 Å². The standard InChI is InChI=1S/C34H46N4O7/c1-21-13-15-23(16-14-21)28(29(40)36-26(31(42)44-33(2,3)4)19-22-11-9-8-10-12-22)38(24-17-18-24)30(41)25(20-27(35)39)37-32(43)45-34(5,6)7/h8-16,24-26,28H,17-20H2,1-7H3,(H2,35,39)(H,36,40)(H,37,43). The minimum atomic E-state index is -1.38. The van der Waals surface area contributed by atoms with Crippen LogP contribution in [0.15, 0.2) is 54.6 Å². The summed E-state index contributed by atoms with van der Waals surface area (Å²) in [6.07, 6.45) is -0.0306. The van der Waals surface area contributed by atoms with E-state index in [-0.39, 0.29) is 12.5 Å². The van der Waals surface area contributed by atoms with Crippen molar-refractivity contribution >= 4 is 29.8 Å². The molecule has 0 bridgehead atoms. The molecule has 3 rings (SSSR count). The molecule has 1 aliphatic rings. The second-order valence-electron chi connectivity index (χ2n) is 13.4. The number of primary amides is 1. The third-order valence-electron chi connectivity index (χ3n) is 6.80. The molecule has 4 amide bonds. The molecular formula is C34H46N4O7. The predicted octanol–water partition coefficient (Wildman–Crippen LogP) is 3.87. The van der Waals surface area contributed by atoms with E-state index in [0.717, 1.165) is 11.1 Å². The van der Waals surface area contributed by atoms with Crippen LogP contribution in [-0.2, 0) is 35.1 Å². The van der Waals surface area contributed by atoms with Gasteiger partial charge in [0.05, 0.1) is 6.42 Å². The van der Waals surface area contributed by atoms with Crippen LogP contribution in [0.5, 0.6) is 0 Å². The molecule has 0 radical (unpaired) electrons. The van der Waals surface area contributed by atoms with Crippen LogP contribution in [0.1, 0.15) is 83.5 Å². The lowest BCUT2D eigenvalue weighted by atomic mass is 9.99. The summed E-state index contributed by atoms with van der Waals surface area (Å²) in [5, 5.41) is 5.34. The first kappa shape index (κ1) is 35.1. The van der Waals surface area contributed by atoms with Gasteiger partial charge >= 0.3 is 12.1 Å². The van der Waals surface area contributed by atoms with Crippen molar-refractivity contribution in [3.8, 4) is 0 Å². The molecule has 1 fully saturated rings. The Morgan fingerprint density at radius 3 is 1.93 bits per heavy atom. The normalized spacial score (nSPS) is 15.2. The minimum Gasteiger partial charge on any atom is -0.458 e. The van der Waals surface area contributed by atoms with Gasteiger partial charge in [0.15, 0.2) is 0 Å². The molecule has 11 nitrogen and oxygen atoms in total. The molecule has 0 saturated heterocycles. The highest BCUT2D eigenvalue weighted by molar-refractivity contribution is 5.96. The minimum absolute atomic E-state index is 0.157. The molecule has 2 aromatic rings. The number of carbonyl (C=O) groups is 5. The predicted molar refractivity (Wildman–Crippen MR) is 169 cm³/mol. The highest BCUT2D eigenvalue weighted by Gasteiger charge is 2.45. The number of ether oxygens (including phenoxy) is 2. The maximum atomic E-state index is 14.3. The average Bonchev–Trinajstić information content (AvgIpc) is 3.75. The Balaban J connectivity index is 2.02. The molecular weight excluding hydrogens is 576 g/mol. The second-order valence-corrected chi connectivity index (χ2v) is 13.4. The van der Waals surface area contributed by atoms with E-state index in [1.165, 1.54) is 4.90 Å². The van der Waals surface area contributed by atoms with E-state index in [4.69, 9.17) is 15.2 Å². The first-order valence-electron chi connectivity index (χ1n) is 15.2. The summed E-state index contributed by atoms with van der Waals surface area (Å²) < 4.78 is 11.0. The molecule has 244 valence electrons. The fourth-order valence-corrected chi connectivity index (χ4v) is 4.76. The van der Waals surface area contributed by atoms with Gasteiger partial charge in [-0.3, -0.25) is 14.4 Å². The number of nitrogens with two attached hydrogens (primary N) is 1. The summed E-state index contributed by atoms with van der Waals surface area (Å²) in [6.45, 7) is 12.1. The van der Waals surface area contributed by atoms with Gasteiger partial charge in [-0.2, -0.15) is 0 Å². The van der Waals surface area contributed by atoms with Crippen LogP contribution >= 0.6 is 0 Å². The number of benzene rings is 2. The summed E-state index contributed by atoms with van der Waals surface area (Å²) in [7, 11) is 0. The molecule has 3 unspecified atom stereocenters. The van der Waals surface area contributed by atoms with Crippen LogP contribution in [0.3, 0.4) is 0 Å². The van der Waals surface area contributed by atoms with Gasteiger partial charge in [0.25, 0.3) is 0 Å². The largest absolute Gasteiger partial charge is 0.458 e. The molecule has 0 heterocycles. The van der Waals surface area contributed by atoms with E-state index in [1.54, 1.807) is 53.7 Å². The maximum absolute atomic E-state index is 14.3. The van der Waals surface area contributed by atoms with Gasteiger partial charge < -0.3 is 30.7 Å². The van der Waals surface area contributed by atoms with Gasteiger partial charge in [0, 0.05) is 12.5 Å². The molecule has 3 atom stereocenters. The topological polar surface area (TPSA) is 157 Å². The number of esters is 1. The van der Waals surface area contributed by atoms with Crippen molar-refractivity contribution in [3.63, 3.8) is 0 Å². The third kappa shape index (κ3) is 11.2. The van der Waals surface area contributed by atoms with E-state index in [1.807, 2.05) is 49.4 Å². The highest BCUT2D eigenvalue weighted by Crippen LogP contribution is 2.36. The van der Waals surface area contributed by atoms with Crippen LogP contribution in [0.2, 0.25) is 0 Å². The quantitative estimate of drug-likeness (QED) is 0.303. The first-order valence-corrected chi connectivity index (χ1v) is 15.2. The highest BCUT2D eigenvalue weighted by atomic mass is 16.6. The molecule has 0 aromatic heterocycles.